The summed E-state index contributed by atoms with van der Waals surface area (Å²) in [6.07, 6.45) is -4.79. The Kier molecular flexibility index (Phi) is 4.77. The van der Waals surface area contributed by atoms with Crippen molar-refractivity contribution in [3.05, 3.63) is 23.2 Å². The molecule has 0 bridgehead atoms. The Hall–Kier alpha value is -1.76. The van der Waals surface area contributed by atoms with Crippen molar-refractivity contribution >= 4 is 34.8 Å². The van der Waals surface area contributed by atoms with Crippen LogP contribution >= 0.6 is 11.6 Å². The minimum absolute atomic E-state index is 0.0629. The molecule has 0 fully saturated rings. The lowest BCUT2D eigenvalue weighted by Crippen LogP contribution is -2.30. The Morgan fingerprint density at radius 1 is 1.26 bits per heavy atom. The highest BCUT2D eigenvalue weighted by Gasteiger charge is 2.38. The van der Waals surface area contributed by atoms with E-state index in [4.69, 9.17) is 11.6 Å². The van der Waals surface area contributed by atoms with E-state index in [1.54, 1.807) is 12.2 Å². The fourth-order valence-electron chi connectivity index (χ4n) is 1.14. The van der Waals surface area contributed by atoms with Crippen molar-refractivity contribution in [3.8, 4) is 0 Å². The Labute approximate surface area is 111 Å². The Bertz CT molecular complexity index is 503. The smallest absolute Gasteiger partial charge is 0.326 e. The van der Waals surface area contributed by atoms with E-state index < -0.39 is 12.1 Å². The van der Waals surface area contributed by atoms with Crippen LogP contribution in [-0.2, 0) is 9.59 Å². The largest absolute Gasteiger partial charge is 0.471 e. The lowest BCUT2D eigenvalue weighted by molar-refractivity contribution is -0.167. The number of hydrogen-bond donors (Lipinski definition) is 2. The highest BCUT2D eigenvalue weighted by atomic mass is 35.5. The van der Waals surface area contributed by atoms with Gasteiger partial charge in [-0.25, -0.2) is 0 Å². The van der Waals surface area contributed by atoms with Crippen LogP contribution < -0.4 is 10.6 Å². The van der Waals surface area contributed by atoms with Crippen molar-refractivity contribution in [1.82, 2.24) is 0 Å². The summed E-state index contributed by atoms with van der Waals surface area (Å²) < 4.78 is 36.3. The van der Waals surface area contributed by atoms with Gasteiger partial charge in [-0.05, 0) is 18.2 Å². The van der Waals surface area contributed by atoms with E-state index >= 15 is 0 Å². The number of rotatable bonds is 3. The molecule has 0 saturated carbocycles. The first-order valence-electron chi connectivity index (χ1n) is 5.21. The van der Waals surface area contributed by atoms with Crippen LogP contribution in [0.3, 0.4) is 0 Å². The molecule has 2 amide bonds. The maximum Gasteiger partial charge on any atom is 0.471 e. The molecule has 4 nitrogen and oxygen atoms in total. The number of nitrogens with one attached hydrogen (secondary N) is 2. The van der Waals surface area contributed by atoms with Crippen molar-refractivity contribution in [2.24, 2.45) is 0 Å². The van der Waals surface area contributed by atoms with Crippen molar-refractivity contribution in [1.29, 1.82) is 0 Å². The number of anilines is 2. The molecule has 0 heterocycles. The molecular weight excluding hydrogens is 285 g/mol. The van der Waals surface area contributed by atoms with Gasteiger partial charge >= 0.3 is 12.1 Å². The lowest BCUT2D eigenvalue weighted by Gasteiger charge is -2.11. The van der Waals surface area contributed by atoms with Crippen LogP contribution in [0.1, 0.15) is 13.3 Å². The van der Waals surface area contributed by atoms with Crippen LogP contribution in [0.2, 0.25) is 5.02 Å². The second-order valence-electron chi connectivity index (χ2n) is 3.55. The molecule has 0 aromatic heterocycles. The van der Waals surface area contributed by atoms with Crippen LogP contribution in [0.25, 0.3) is 0 Å². The number of alkyl halides is 3. The Balaban J connectivity index is 2.92. The van der Waals surface area contributed by atoms with Gasteiger partial charge < -0.3 is 10.6 Å². The number of hydrogen-bond acceptors (Lipinski definition) is 2. The number of carbonyl (C=O) groups excluding carboxylic acids is 2. The molecule has 1 aromatic carbocycles. The normalized spacial score (nSPS) is 11.0. The molecule has 0 aliphatic carbocycles. The van der Waals surface area contributed by atoms with Gasteiger partial charge in [-0.15, -0.1) is 0 Å². The van der Waals surface area contributed by atoms with E-state index in [2.05, 4.69) is 5.32 Å². The quantitative estimate of drug-likeness (QED) is 0.899. The van der Waals surface area contributed by atoms with E-state index in [1.165, 1.54) is 12.1 Å². The molecular formula is C11H10ClF3N2O2. The molecule has 0 saturated heterocycles. The minimum atomic E-state index is -5.01. The van der Waals surface area contributed by atoms with Gasteiger partial charge in [-0.3, -0.25) is 9.59 Å². The summed E-state index contributed by atoms with van der Waals surface area (Å²) in [5, 5.41) is 4.01. The molecule has 19 heavy (non-hydrogen) atoms. The molecule has 0 spiro atoms. The number of halogens is 4. The first kappa shape index (κ1) is 15.3. The predicted octanol–water partition coefficient (Wildman–Crippen LogP) is 3.19. The van der Waals surface area contributed by atoms with Crippen LogP contribution in [0.5, 0.6) is 0 Å². The van der Waals surface area contributed by atoms with Gasteiger partial charge in [0.2, 0.25) is 5.91 Å². The third kappa shape index (κ3) is 4.44. The summed E-state index contributed by atoms with van der Waals surface area (Å²) in [5.74, 6) is -2.44. The molecule has 104 valence electrons. The van der Waals surface area contributed by atoms with Gasteiger partial charge in [0, 0.05) is 12.1 Å². The van der Waals surface area contributed by atoms with Gasteiger partial charge in [0.1, 0.15) is 0 Å². The summed E-state index contributed by atoms with van der Waals surface area (Å²) in [6, 6.07) is 3.84. The fourth-order valence-corrected chi connectivity index (χ4v) is 1.31. The summed E-state index contributed by atoms with van der Waals surface area (Å²) in [5.41, 5.74) is 0.0200. The van der Waals surface area contributed by atoms with Crippen LogP contribution in [-0.4, -0.2) is 18.0 Å². The van der Waals surface area contributed by atoms with E-state index in [9.17, 15) is 22.8 Å². The summed E-state index contributed by atoms with van der Waals surface area (Å²) >= 11 is 5.67. The van der Waals surface area contributed by atoms with Gasteiger partial charge in [-0.1, -0.05) is 18.5 Å². The zero-order valence-corrected chi connectivity index (χ0v) is 10.5. The van der Waals surface area contributed by atoms with Crippen molar-refractivity contribution in [2.45, 2.75) is 19.5 Å². The fraction of sp³-hybridized carbons (Fsp3) is 0.273. The summed E-state index contributed by atoms with van der Waals surface area (Å²) in [7, 11) is 0. The molecule has 0 unspecified atom stereocenters. The maximum absolute atomic E-state index is 12.1. The monoisotopic (exact) mass is 294 g/mol. The molecule has 0 atom stereocenters. The minimum Gasteiger partial charge on any atom is -0.326 e. The average molecular weight is 295 g/mol. The van der Waals surface area contributed by atoms with Crippen molar-refractivity contribution in [2.75, 3.05) is 10.6 Å². The van der Waals surface area contributed by atoms with Crippen LogP contribution in [0, 0.1) is 0 Å². The van der Waals surface area contributed by atoms with Gasteiger partial charge in [-0.2, -0.15) is 13.2 Å². The maximum atomic E-state index is 12.1. The summed E-state index contributed by atoms with van der Waals surface area (Å²) in [6.45, 7) is 1.62. The standard InChI is InChI=1S/C11H10ClF3N2O2/c1-2-9(18)16-6-3-4-7(12)8(5-6)17-10(19)11(13,14)15/h3-5H,2H2,1H3,(H,16,18)(H,17,19). The van der Waals surface area contributed by atoms with Gasteiger partial charge in [0.25, 0.3) is 0 Å². The molecule has 2 N–H and O–H groups in total. The molecule has 0 radical (unpaired) electrons. The first-order valence-corrected chi connectivity index (χ1v) is 5.59. The zero-order chi connectivity index (χ0) is 14.6. The van der Waals surface area contributed by atoms with Crippen molar-refractivity contribution in [3.63, 3.8) is 0 Å². The highest BCUT2D eigenvalue weighted by molar-refractivity contribution is 6.34. The van der Waals surface area contributed by atoms with Gasteiger partial charge in [0.15, 0.2) is 0 Å². The summed E-state index contributed by atoms with van der Waals surface area (Å²) in [4.78, 5) is 21.9. The third-order valence-corrected chi connectivity index (χ3v) is 2.41. The Morgan fingerprint density at radius 3 is 2.42 bits per heavy atom. The van der Waals surface area contributed by atoms with E-state index in [0.29, 0.717) is 0 Å². The van der Waals surface area contributed by atoms with Crippen molar-refractivity contribution < 1.29 is 22.8 Å². The topological polar surface area (TPSA) is 58.2 Å². The van der Waals surface area contributed by atoms with Crippen LogP contribution in [0.15, 0.2) is 18.2 Å². The number of amides is 2. The zero-order valence-electron chi connectivity index (χ0n) is 9.77. The first-order chi connectivity index (χ1) is 8.74. The molecule has 0 aliphatic rings. The van der Waals surface area contributed by atoms with Crippen LogP contribution in [0.4, 0.5) is 24.5 Å². The molecule has 0 aliphatic heterocycles. The Morgan fingerprint density at radius 2 is 1.89 bits per heavy atom. The second-order valence-corrected chi connectivity index (χ2v) is 3.96. The molecule has 1 rings (SSSR count). The highest BCUT2D eigenvalue weighted by Crippen LogP contribution is 2.27. The average Bonchev–Trinajstić information content (AvgIpc) is 2.32. The second kappa shape index (κ2) is 5.92. The van der Waals surface area contributed by atoms with E-state index in [1.807, 2.05) is 0 Å². The third-order valence-electron chi connectivity index (χ3n) is 2.08. The predicted molar refractivity (Wildman–Crippen MR) is 65.1 cm³/mol. The SMILES string of the molecule is CCC(=O)Nc1ccc(Cl)c(NC(=O)C(F)(F)F)c1. The number of benzene rings is 1. The molecule has 8 heteroatoms. The van der Waals surface area contributed by atoms with Gasteiger partial charge in [0.05, 0.1) is 10.7 Å². The molecule has 1 aromatic rings. The number of carbonyl (C=O) groups is 2. The lowest BCUT2D eigenvalue weighted by atomic mass is 10.2. The van der Waals surface area contributed by atoms with E-state index in [-0.39, 0.29) is 28.7 Å². The van der Waals surface area contributed by atoms with E-state index in [0.717, 1.165) is 6.07 Å².